The van der Waals surface area contributed by atoms with Gasteiger partial charge in [-0.25, -0.2) is 0 Å². The van der Waals surface area contributed by atoms with Crippen LogP contribution in [0.2, 0.25) is 0 Å². The third kappa shape index (κ3) is 181. The van der Waals surface area contributed by atoms with Crippen LogP contribution in [0.4, 0.5) is 0 Å². The Labute approximate surface area is 202 Å². The van der Waals surface area contributed by atoms with Crippen molar-refractivity contribution in [3.05, 3.63) is 0 Å². The number of hydrogen-bond donors (Lipinski definition) is 2. The summed E-state index contributed by atoms with van der Waals surface area (Å²) in [5.74, 6) is 4.31. The van der Waals surface area contributed by atoms with E-state index in [1.807, 2.05) is 14.0 Å². The van der Waals surface area contributed by atoms with E-state index in [2.05, 4.69) is 62.6 Å². The molecule has 1 rings (SSSR count). The summed E-state index contributed by atoms with van der Waals surface area (Å²) in [7, 11) is 7.71. The first-order valence-electron chi connectivity index (χ1n) is 11.1. The third-order valence-corrected chi connectivity index (χ3v) is 2.28. The fourth-order valence-electron chi connectivity index (χ4n) is 0.801. The lowest BCUT2D eigenvalue weighted by molar-refractivity contribution is -0.115. The number of rotatable bonds is 4. The standard InChI is InChI=1S/C5H13N.C4H11N.C4H8O.C3H8OS.C3H6O.C3H8O.C2H6O/c1-4-5-6(2)3;1-4(2)5-3;1-4-2-5-3-4;1-5(2,3)4;1-3(2)4;1-2-3-4;1-3-2/h4-5H2,1-3H3;4-5H,1-3H3;4H,2-3H2,1H3;1H2,2-3H3;1-2H3;4H,2-3H2,1H3;1-2H3. The zero-order valence-corrected chi connectivity index (χ0v) is 24.9. The molecule has 0 radical (unpaired) electrons. The fraction of sp³-hybridized carbons (Fsp3) is 0.917. The van der Waals surface area contributed by atoms with Crippen molar-refractivity contribution in [2.45, 2.75) is 67.3 Å². The van der Waals surface area contributed by atoms with E-state index in [0.717, 1.165) is 25.6 Å². The Hall–Kier alpha value is -0.510. The predicted molar refractivity (Wildman–Crippen MR) is 147 cm³/mol. The van der Waals surface area contributed by atoms with E-state index in [9.17, 15) is 9.00 Å². The molecule has 0 aromatic carbocycles. The topological polar surface area (TPSA) is 88.1 Å². The molecule has 1 aliphatic rings. The molecule has 0 atom stereocenters. The molecule has 0 bridgehead atoms. The maximum Gasteiger partial charge on any atom is 0.126 e. The van der Waals surface area contributed by atoms with Crippen molar-refractivity contribution in [2.24, 2.45) is 5.92 Å². The van der Waals surface area contributed by atoms with Crippen molar-refractivity contribution in [3.63, 3.8) is 0 Å². The summed E-state index contributed by atoms with van der Waals surface area (Å²) in [6, 6.07) is 0.634. The summed E-state index contributed by atoms with van der Waals surface area (Å²) in [5.41, 5.74) is 0. The molecule has 7 nitrogen and oxygen atoms in total. The Kier molecular flexibility index (Phi) is 53.2. The number of carbonyl (C=O) groups excluding carboxylic acids is 1. The number of aliphatic hydroxyl groups excluding tert-OH is 1. The zero-order valence-electron chi connectivity index (χ0n) is 24.0. The first kappa shape index (κ1) is 45.1. The normalized spacial score (nSPS) is 11.5. The van der Waals surface area contributed by atoms with Crippen molar-refractivity contribution in [3.8, 4) is 0 Å². The second-order valence-electron chi connectivity index (χ2n) is 8.37. The molecule has 1 aliphatic heterocycles. The molecule has 1 fully saturated rings. The molecule has 0 spiro atoms. The van der Waals surface area contributed by atoms with Gasteiger partial charge in [0.2, 0.25) is 0 Å². The van der Waals surface area contributed by atoms with Crippen LogP contribution >= 0.6 is 0 Å². The number of ketones is 1. The fourth-order valence-corrected chi connectivity index (χ4v) is 0.801. The first-order chi connectivity index (χ1) is 14.5. The van der Waals surface area contributed by atoms with Crippen LogP contribution < -0.4 is 5.32 Å². The van der Waals surface area contributed by atoms with E-state index < -0.39 is 9.52 Å². The van der Waals surface area contributed by atoms with Gasteiger partial charge < -0.3 is 29.6 Å². The van der Waals surface area contributed by atoms with Crippen molar-refractivity contribution in [1.29, 1.82) is 0 Å². The van der Waals surface area contributed by atoms with Crippen LogP contribution in [0, 0.1) is 5.92 Å². The summed E-state index contributed by atoms with van der Waals surface area (Å²) < 4.78 is 19.2. The highest BCUT2D eigenvalue weighted by atomic mass is 32.2. The SMILES string of the molecule is C=S(C)(C)=O.CC(C)=O.CC1COC1.CCCN(C)C.CCCO.CNC(C)C.COC. The molecule has 8 heteroatoms. The van der Waals surface area contributed by atoms with Crippen molar-refractivity contribution in [2.75, 3.05) is 74.2 Å². The van der Waals surface area contributed by atoms with Gasteiger partial charge in [-0.2, -0.15) is 0 Å². The van der Waals surface area contributed by atoms with Crippen molar-refractivity contribution >= 4 is 21.2 Å². The van der Waals surface area contributed by atoms with Gasteiger partial charge in [-0.1, -0.05) is 34.6 Å². The number of nitrogens with zero attached hydrogens (tertiary/aromatic N) is 1. The van der Waals surface area contributed by atoms with Crippen LogP contribution in [-0.2, 0) is 23.8 Å². The number of carbonyl (C=O) groups is 1. The molecule has 1 saturated heterocycles. The molecule has 1 heterocycles. The monoisotopic (exact) mass is 488 g/mol. The molecular weight excluding hydrogens is 428 g/mol. The van der Waals surface area contributed by atoms with E-state index in [1.54, 1.807) is 26.7 Å². The Balaban J connectivity index is -0.0000000622. The Bertz CT molecular complexity index is 393. The van der Waals surface area contributed by atoms with Crippen molar-refractivity contribution in [1.82, 2.24) is 10.2 Å². The lowest BCUT2D eigenvalue weighted by Gasteiger charge is -2.20. The van der Waals surface area contributed by atoms with Crippen LogP contribution in [0.5, 0.6) is 0 Å². The number of Topliss-reactive ketones (excluding diaryl/α,β-unsaturated/α-hetero) is 1. The lowest BCUT2D eigenvalue weighted by Crippen LogP contribution is -2.23. The van der Waals surface area contributed by atoms with Crippen molar-refractivity contribution < 1.29 is 23.6 Å². The Morgan fingerprint density at radius 2 is 1.41 bits per heavy atom. The van der Waals surface area contributed by atoms with Gasteiger partial charge in [0.1, 0.15) is 5.78 Å². The van der Waals surface area contributed by atoms with E-state index in [4.69, 9.17) is 9.84 Å². The number of methoxy groups -OCH3 is 1. The van der Waals surface area contributed by atoms with E-state index >= 15 is 0 Å². The highest BCUT2D eigenvalue weighted by Crippen LogP contribution is 2.05. The zero-order chi connectivity index (χ0) is 27.2. The summed E-state index contributed by atoms with van der Waals surface area (Å²) in [5, 5.41) is 10.9. The third-order valence-electron chi connectivity index (χ3n) is 2.28. The summed E-state index contributed by atoms with van der Waals surface area (Å²) in [6.45, 7) is 17.1. The highest BCUT2D eigenvalue weighted by molar-refractivity contribution is 7.98. The highest BCUT2D eigenvalue weighted by Gasteiger charge is 2.09. The van der Waals surface area contributed by atoms with Crippen LogP contribution in [0.15, 0.2) is 0 Å². The quantitative estimate of drug-likeness (QED) is 0.586. The minimum Gasteiger partial charge on any atom is -0.396 e. The molecule has 0 aliphatic carbocycles. The lowest BCUT2D eigenvalue weighted by atomic mass is 10.2. The summed E-state index contributed by atoms with van der Waals surface area (Å²) in [6.07, 6.45) is 5.34. The van der Waals surface area contributed by atoms with E-state index in [-0.39, 0.29) is 5.78 Å². The molecule has 32 heavy (non-hydrogen) atoms. The number of hydrogen-bond acceptors (Lipinski definition) is 7. The summed E-state index contributed by atoms with van der Waals surface area (Å²) in [4.78, 5) is 11.6. The van der Waals surface area contributed by atoms with Crippen LogP contribution in [0.1, 0.15) is 61.3 Å². The number of ether oxygens (including phenoxy) is 2. The van der Waals surface area contributed by atoms with Gasteiger partial charge in [-0.15, -0.1) is 0 Å². The minimum atomic E-state index is -1.67. The molecule has 0 saturated carbocycles. The van der Waals surface area contributed by atoms with Crippen LogP contribution in [0.3, 0.4) is 0 Å². The second-order valence-corrected chi connectivity index (χ2v) is 11.2. The largest absolute Gasteiger partial charge is 0.396 e. The molecule has 2 N–H and O–H groups in total. The number of nitrogens with one attached hydrogen (secondary N) is 1. The average Bonchev–Trinajstić information content (AvgIpc) is 2.60. The molecule has 0 aromatic heterocycles. The number of aliphatic hydroxyl groups is 1. The minimum absolute atomic E-state index is 0.167. The maximum atomic E-state index is 10.1. The molecule has 0 unspecified atom stereocenters. The van der Waals surface area contributed by atoms with Gasteiger partial charge in [-0.3, -0.25) is 4.21 Å². The van der Waals surface area contributed by atoms with E-state index in [0.29, 0.717) is 12.6 Å². The molecule has 202 valence electrons. The summed E-state index contributed by atoms with van der Waals surface area (Å²) >= 11 is 0. The van der Waals surface area contributed by atoms with Gasteiger partial charge in [0.15, 0.2) is 0 Å². The first-order valence-corrected chi connectivity index (χ1v) is 13.7. The van der Waals surface area contributed by atoms with Gasteiger partial charge in [0.05, 0.1) is 13.2 Å². The van der Waals surface area contributed by atoms with Crippen LogP contribution in [-0.4, -0.2) is 106 Å². The Morgan fingerprint density at radius 3 is 1.41 bits per heavy atom. The van der Waals surface area contributed by atoms with Gasteiger partial charge in [-0.05, 0) is 69.8 Å². The molecule has 0 amide bonds. The average molecular weight is 489 g/mol. The van der Waals surface area contributed by atoms with Gasteiger partial charge in [0, 0.05) is 45.3 Å². The Morgan fingerprint density at radius 1 is 1.19 bits per heavy atom. The predicted octanol–water partition coefficient (Wildman–Crippen LogP) is 3.43. The maximum absolute atomic E-state index is 10.1. The van der Waals surface area contributed by atoms with Crippen LogP contribution in [0.25, 0.3) is 0 Å². The van der Waals surface area contributed by atoms with Gasteiger partial charge >= 0.3 is 0 Å². The smallest absolute Gasteiger partial charge is 0.126 e. The molecule has 0 aromatic rings. The van der Waals surface area contributed by atoms with Gasteiger partial charge in [0.25, 0.3) is 0 Å². The second kappa shape index (κ2) is 37.8. The van der Waals surface area contributed by atoms with E-state index in [1.165, 1.54) is 26.8 Å². The molecular formula is C24H60N2O5S.